The van der Waals surface area contributed by atoms with E-state index >= 15 is 0 Å². The van der Waals surface area contributed by atoms with E-state index in [0.717, 1.165) is 42.0 Å². The van der Waals surface area contributed by atoms with Crippen molar-refractivity contribution in [1.29, 1.82) is 0 Å². The third-order valence-corrected chi connectivity index (χ3v) is 10.2. The molecule has 224 valence electrons. The first kappa shape index (κ1) is 31.9. The highest BCUT2D eigenvalue weighted by molar-refractivity contribution is 7.92. The van der Waals surface area contributed by atoms with Gasteiger partial charge < -0.3 is 10.2 Å². The van der Waals surface area contributed by atoms with Crippen LogP contribution in [0.3, 0.4) is 0 Å². The van der Waals surface area contributed by atoms with Crippen molar-refractivity contribution in [3.63, 3.8) is 0 Å². The first-order valence-corrected chi connectivity index (χ1v) is 16.4. The number of aryl methyl sites for hydroxylation is 2. The molecule has 1 saturated carbocycles. The lowest BCUT2D eigenvalue weighted by atomic mass is 9.95. The van der Waals surface area contributed by atoms with Crippen molar-refractivity contribution in [2.24, 2.45) is 0 Å². The standard InChI is InChI=1S/C32H37Cl2N3O4S/c1-22-14-15-23(2)30(18-22)37(42(40,41)27-12-8-5-9-13-27)21-31(38)36(20-25-16-17-28(33)29(34)19-25)24(3)32(39)35-26-10-6-4-7-11-26/h5,8-9,12-19,24,26H,4,6-7,10-11,20-21H2,1-3H3,(H,35,39). The van der Waals surface area contributed by atoms with Crippen molar-refractivity contribution in [3.05, 3.63) is 93.5 Å². The molecule has 0 heterocycles. The third kappa shape index (κ3) is 7.65. The first-order chi connectivity index (χ1) is 20.0. The quantitative estimate of drug-likeness (QED) is 0.271. The predicted molar refractivity (Wildman–Crippen MR) is 168 cm³/mol. The Balaban J connectivity index is 1.71. The van der Waals surface area contributed by atoms with Gasteiger partial charge in [0.1, 0.15) is 12.6 Å². The lowest BCUT2D eigenvalue weighted by Crippen LogP contribution is -2.53. The summed E-state index contributed by atoms with van der Waals surface area (Å²) < 4.78 is 29.1. The number of carbonyl (C=O) groups is 2. The molecule has 10 heteroatoms. The van der Waals surface area contributed by atoms with E-state index in [0.29, 0.717) is 26.9 Å². The van der Waals surface area contributed by atoms with Crippen LogP contribution >= 0.6 is 23.2 Å². The number of hydrogen-bond acceptors (Lipinski definition) is 4. The van der Waals surface area contributed by atoms with Crippen LogP contribution in [0.15, 0.2) is 71.6 Å². The minimum Gasteiger partial charge on any atom is -0.352 e. The van der Waals surface area contributed by atoms with Gasteiger partial charge in [-0.15, -0.1) is 0 Å². The summed E-state index contributed by atoms with van der Waals surface area (Å²) in [6.45, 7) is 4.89. The van der Waals surface area contributed by atoms with Crippen molar-refractivity contribution in [2.75, 3.05) is 10.8 Å². The molecule has 1 aliphatic rings. The van der Waals surface area contributed by atoms with Crippen LogP contribution in [0, 0.1) is 13.8 Å². The number of hydrogen-bond donors (Lipinski definition) is 1. The Labute approximate surface area is 258 Å². The highest BCUT2D eigenvalue weighted by Crippen LogP contribution is 2.29. The van der Waals surface area contributed by atoms with Gasteiger partial charge in [-0.1, -0.05) is 78.9 Å². The average molecular weight is 631 g/mol. The lowest BCUT2D eigenvalue weighted by Gasteiger charge is -2.33. The van der Waals surface area contributed by atoms with Gasteiger partial charge in [-0.25, -0.2) is 8.42 Å². The molecule has 0 saturated heterocycles. The van der Waals surface area contributed by atoms with Crippen LogP contribution in [0.25, 0.3) is 0 Å². The van der Waals surface area contributed by atoms with E-state index in [4.69, 9.17) is 23.2 Å². The molecule has 0 aromatic heterocycles. The van der Waals surface area contributed by atoms with Gasteiger partial charge in [0.25, 0.3) is 10.0 Å². The Morgan fingerprint density at radius 2 is 1.62 bits per heavy atom. The van der Waals surface area contributed by atoms with Crippen LogP contribution in [0.5, 0.6) is 0 Å². The van der Waals surface area contributed by atoms with Gasteiger partial charge in [-0.3, -0.25) is 13.9 Å². The number of nitrogens with one attached hydrogen (secondary N) is 1. The van der Waals surface area contributed by atoms with Gasteiger partial charge in [-0.05, 0) is 80.6 Å². The minimum absolute atomic E-state index is 0.0427. The number of sulfonamides is 1. The molecular weight excluding hydrogens is 593 g/mol. The van der Waals surface area contributed by atoms with Crippen LogP contribution in [0.1, 0.15) is 55.7 Å². The summed E-state index contributed by atoms with van der Waals surface area (Å²) in [7, 11) is -4.13. The van der Waals surface area contributed by atoms with E-state index in [1.807, 2.05) is 19.1 Å². The van der Waals surface area contributed by atoms with E-state index in [1.54, 1.807) is 56.3 Å². The summed E-state index contributed by atoms with van der Waals surface area (Å²) in [6.07, 6.45) is 5.04. The second-order valence-electron chi connectivity index (χ2n) is 10.9. The average Bonchev–Trinajstić information content (AvgIpc) is 2.98. The zero-order valence-electron chi connectivity index (χ0n) is 24.1. The SMILES string of the molecule is Cc1ccc(C)c(N(CC(=O)N(Cc2ccc(Cl)c(Cl)c2)C(C)C(=O)NC2CCCCC2)S(=O)(=O)c2ccccc2)c1. The monoisotopic (exact) mass is 629 g/mol. The molecule has 1 unspecified atom stereocenters. The second-order valence-corrected chi connectivity index (χ2v) is 13.6. The molecule has 0 bridgehead atoms. The van der Waals surface area contributed by atoms with Crippen molar-refractivity contribution < 1.29 is 18.0 Å². The van der Waals surface area contributed by atoms with E-state index in [1.165, 1.54) is 17.0 Å². The van der Waals surface area contributed by atoms with E-state index < -0.39 is 28.5 Å². The molecule has 7 nitrogen and oxygen atoms in total. The number of halogens is 2. The Morgan fingerprint density at radius 1 is 0.929 bits per heavy atom. The maximum Gasteiger partial charge on any atom is 0.264 e. The van der Waals surface area contributed by atoms with Crippen LogP contribution in [0.4, 0.5) is 5.69 Å². The summed E-state index contributed by atoms with van der Waals surface area (Å²) in [5.41, 5.74) is 2.62. The molecule has 0 spiro atoms. The zero-order valence-corrected chi connectivity index (χ0v) is 26.5. The Hall–Kier alpha value is -3.07. The molecular formula is C32H37Cl2N3O4S. The molecule has 1 atom stereocenters. The van der Waals surface area contributed by atoms with Crippen molar-refractivity contribution >= 4 is 50.7 Å². The van der Waals surface area contributed by atoms with Gasteiger partial charge in [0.15, 0.2) is 0 Å². The van der Waals surface area contributed by atoms with Crippen molar-refractivity contribution in [1.82, 2.24) is 10.2 Å². The number of rotatable bonds is 10. The van der Waals surface area contributed by atoms with Crippen molar-refractivity contribution in [3.8, 4) is 0 Å². The zero-order chi connectivity index (χ0) is 30.4. The fourth-order valence-corrected chi connectivity index (χ4v) is 7.02. The maximum absolute atomic E-state index is 14.2. The molecule has 1 aliphatic carbocycles. The van der Waals surface area contributed by atoms with Crippen molar-refractivity contribution in [2.45, 2.75) is 76.4 Å². The normalized spacial score (nSPS) is 14.7. The van der Waals surface area contributed by atoms with Crippen LogP contribution < -0.4 is 9.62 Å². The molecule has 1 N–H and O–H groups in total. The smallest absolute Gasteiger partial charge is 0.264 e. The van der Waals surface area contributed by atoms with Gasteiger partial charge in [-0.2, -0.15) is 0 Å². The highest BCUT2D eigenvalue weighted by Gasteiger charge is 2.33. The van der Waals surface area contributed by atoms with Crippen LogP contribution in [-0.4, -0.2) is 43.8 Å². The first-order valence-electron chi connectivity index (χ1n) is 14.2. The van der Waals surface area contributed by atoms with E-state index in [-0.39, 0.29) is 23.4 Å². The molecule has 2 amide bonds. The molecule has 1 fully saturated rings. The molecule has 42 heavy (non-hydrogen) atoms. The van der Waals surface area contributed by atoms with Gasteiger partial charge >= 0.3 is 0 Å². The largest absolute Gasteiger partial charge is 0.352 e. The number of amides is 2. The van der Waals surface area contributed by atoms with Crippen LogP contribution in [0.2, 0.25) is 10.0 Å². The lowest BCUT2D eigenvalue weighted by molar-refractivity contribution is -0.139. The van der Waals surface area contributed by atoms with Gasteiger partial charge in [0, 0.05) is 12.6 Å². The Morgan fingerprint density at radius 3 is 2.29 bits per heavy atom. The number of carbonyl (C=O) groups excluding carboxylic acids is 2. The topological polar surface area (TPSA) is 86.8 Å². The van der Waals surface area contributed by atoms with E-state index in [2.05, 4.69) is 5.32 Å². The summed E-state index contributed by atoms with van der Waals surface area (Å²) >= 11 is 12.4. The number of benzene rings is 3. The summed E-state index contributed by atoms with van der Waals surface area (Å²) in [4.78, 5) is 29.1. The Bertz CT molecular complexity index is 1530. The minimum atomic E-state index is -4.13. The predicted octanol–water partition coefficient (Wildman–Crippen LogP) is 6.67. The summed E-state index contributed by atoms with van der Waals surface area (Å²) in [5, 5.41) is 3.80. The maximum atomic E-state index is 14.2. The molecule has 4 rings (SSSR count). The molecule has 0 radical (unpaired) electrons. The van der Waals surface area contributed by atoms with Gasteiger partial charge in [0.2, 0.25) is 11.8 Å². The second kappa shape index (κ2) is 13.9. The number of nitrogens with zero attached hydrogens (tertiary/aromatic N) is 2. The number of anilines is 1. The summed E-state index contributed by atoms with van der Waals surface area (Å²) in [6, 6.07) is 17.7. The van der Waals surface area contributed by atoms with Gasteiger partial charge in [0.05, 0.1) is 20.6 Å². The fraction of sp³-hybridized carbons (Fsp3) is 0.375. The fourth-order valence-electron chi connectivity index (χ4n) is 5.21. The highest BCUT2D eigenvalue weighted by atomic mass is 35.5. The summed E-state index contributed by atoms with van der Waals surface area (Å²) in [5.74, 6) is -0.799. The Kier molecular flexibility index (Phi) is 10.6. The molecule has 0 aliphatic heterocycles. The molecule has 3 aromatic rings. The van der Waals surface area contributed by atoms with E-state index in [9.17, 15) is 18.0 Å². The van der Waals surface area contributed by atoms with Crippen LogP contribution in [-0.2, 0) is 26.2 Å². The third-order valence-electron chi connectivity index (χ3n) is 7.70. The molecule has 3 aromatic carbocycles.